The second kappa shape index (κ2) is 19.9. The lowest BCUT2D eigenvalue weighted by atomic mass is 10.2. The number of nitrogens with one attached hydrogen (secondary N) is 1. The summed E-state index contributed by atoms with van der Waals surface area (Å²) >= 11 is 0. The molecule has 7 nitrogen and oxygen atoms in total. The van der Waals surface area contributed by atoms with Crippen molar-refractivity contribution < 1.29 is 28.7 Å². The monoisotopic (exact) mass is 327 g/mol. The van der Waals surface area contributed by atoms with Crippen molar-refractivity contribution in [1.29, 1.82) is 0 Å². The lowest BCUT2D eigenvalue weighted by Crippen LogP contribution is -2.25. The van der Waals surface area contributed by atoms with Crippen molar-refractivity contribution in [2.24, 2.45) is 0 Å². The van der Waals surface area contributed by atoms with Crippen LogP contribution in [0.1, 0.15) is 26.7 Å². The maximum atomic E-state index is 11.3. The van der Waals surface area contributed by atoms with Gasteiger partial charge in [0.05, 0.1) is 19.8 Å². The van der Waals surface area contributed by atoms with Crippen LogP contribution >= 0.6 is 0 Å². The third kappa shape index (κ3) is 22.3. The first-order valence-electron chi connectivity index (χ1n) is 7.34. The highest BCUT2D eigenvalue weighted by atomic mass is 16.5. The number of carbonyl (C=O) groups excluding carboxylic acids is 4. The smallest absolute Gasteiger partial charge is 0.373 e. The predicted octanol–water partition coefficient (Wildman–Crippen LogP) is 1.05. The Morgan fingerprint density at radius 3 is 2.35 bits per heavy atom. The van der Waals surface area contributed by atoms with Gasteiger partial charge in [-0.3, -0.25) is 9.59 Å². The first kappa shape index (κ1) is 23.2. The zero-order valence-corrected chi connectivity index (χ0v) is 13.7. The van der Waals surface area contributed by atoms with Gasteiger partial charge in [-0.25, -0.2) is 0 Å². The van der Waals surface area contributed by atoms with Crippen molar-refractivity contribution >= 4 is 17.8 Å². The molecule has 0 aromatic heterocycles. The van der Waals surface area contributed by atoms with E-state index in [9.17, 15) is 9.59 Å². The van der Waals surface area contributed by atoms with Gasteiger partial charge in [-0.05, 0) is 19.4 Å². The molecule has 0 aliphatic rings. The Kier molecular flexibility index (Phi) is 20.1. The number of rotatable bonds is 12. The van der Waals surface area contributed by atoms with Crippen LogP contribution < -0.4 is 5.32 Å². The van der Waals surface area contributed by atoms with Gasteiger partial charge in [0, 0.05) is 13.0 Å². The Labute approximate surface area is 136 Å². The summed E-state index contributed by atoms with van der Waals surface area (Å²) in [4.78, 5) is 38.6. The molecule has 0 aromatic carbocycles. The van der Waals surface area contributed by atoms with E-state index in [1.54, 1.807) is 13.0 Å². The van der Waals surface area contributed by atoms with Crippen molar-refractivity contribution in [3.05, 3.63) is 24.3 Å². The number of hydrogen-bond acceptors (Lipinski definition) is 6. The van der Waals surface area contributed by atoms with Crippen LogP contribution in [0.4, 0.5) is 0 Å². The summed E-state index contributed by atoms with van der Waals surface area (Å²) in [5.74, 6) is -0.0635. The highest BCUT2D eigenvalue weighted by Gasteiger charge is 1.99. The zero-order valence-electron chi connectivity index (χ0n) is 13.7. The highest BCUT2D eigenvalue weighted by Crippen LogP contribution is 1.90. The molecule has 7 heteroatoms. The molecule has 0 radical (unpaired) electrons. The van der Waals surface area contributed by atoms with Gasteiger partial charge in [0.1, 0.15) is 6.61 Å². The van der Waals surface area contributed by atoms with Crippen LogP contribution in [0.2, 0.25) is 0 Å². The molecular formula is C16H25NO6. The molecule has 0 aliphatic heterocycles. The van der Waals surface area contributed by atoms with Gasteiger partial charge < -0.3 is 14.8 Å². The minimum atomic E-state index is -0.127. The van der Waals surface area contributed by atoms with Gasteiger partial charge in [0.25, 0.3) is 0 Å². The molecule has 23 heavy (non-hydrogen) atoms. The minimum absolute atomic E-state index is 0.0633. The number of allylic oxidation sites excluding steroid dienone is 3. The van der Waals surface area contributed by atoms with Crippen molar-refractivity contribution in [3.8, 4) is 0 Å². The molecule has 1 amide bonds. The molecular weight excluding hydrogens is 302 g/mol. The summed E-state index contributed by atoms with van der Waals surface area (Å²) < 4.78 is 10.4. The molecule has 1 N–H and O–H groups in total. The van der Waals surface area contributed by atoms with Gasteiger partial charge in [0.15, 0.2) is 5.78 Å². The van der Waals surface area contributed by atoms with Crippen LogP contribution in [0.5, 0.6) is 0 Å². The number of hydrogen-bond donors (Lipinski definition) is 1. The van der Waals surface area contributed by atoms with E-state index in [0.717, 1.165) is 6.42 Å². The summed E-state index contributed by atoms with van der Waals surface area (Å²) in [6, 6.07) is 0. The molecule has 0 unspecified atom stereocenters. The SMILES string of the molecule is C/C=C/C(=O)NCCOCCOCC(=O)C/C=C\CC.O=C=O. The van der Waals surface area contributed by atoms with Crippen LogP contribution in [-0.2, 0) is 28.7 Å². The average Bonchev–Trinajstić information content (AvgIpc) is 2.51. The number of amides is 1. The summed E-state index contributed by atoms with van der Waals surface area (Å²) in [6.45, 7) is 5.62. The van der Waals surface area contributed by atoms with Gasteiger partial charge in [0.2, 0.25) is 5.91 Å². The van der Waals surface area contributed by atoms with E-state index in [0.29, 0.717) is 32.8 Å². The Hall–Kier alpha value is -2.08. The predicted molar refractivity (Wildman–Crippen MR) is 83.5 cm³/mol. The second-order valence-electron chi connectivity index (χ2n) is 4.16. The summed E-state index contributed by atoms with van der Waals surface area (Å²) in [5.41, 5.74) is 0. The topological polar surface area (TPSA) is 98.8 Å². The maximum Gasteiger partial charge on any atom is 0.373 e. The number of ether oxygens (including phenoxy) is 2. The van der Waals surface area contributed by atoms with E-state index in [4.69, 9.17) is 19.1 Å². The molecule has 0 saturated heterocycles. The standard InChI is InChI=1S/C15H25NO4.CO2/c1-3-5-6-8-14(17)13-20-12-11-19-10-9-16-15(18)7-4-2;2-1-3/h4-7H,3,8-13H2,1-2H3,(H,16,18);/b6-5-,7-4+;. The Balaban J connectivity index is 0. The Morgan fingerprint density at radius 1 is 1.09 bits per heavy atom. The zero-order chi connectivity index (χ0) is 17.8. The van der Waals surface area contributed by atoms with Crippen molar-refractivity contribution in [2.75, 3.05) is 33.0 Å². The molecule has 0 spiro atoms. The highest BCUT2D eigenvalue weighted by molar-refractivity contribution is 5.87. The van der Waals surface area contributed by atoms with Crippen molar-refractivity contribution in [3.63, 3.8) is 0 Å². The molecule has 0 aliphatic carbocycles. The van der Waals surface area contributed by atoms with Crippen LogP contribution in [-0.4, -0.2) is 50.8 Å². The van der Waals surface area contributed by atoms with Crippen LogP contribution in [0.25, 0.3) is 0 Å². The first-order chi connectivity index (χ1) is 11.1. The molecule has 0 heterocycles. The van der Waals surface area contributed by atoms with Crippen molar-refractivity contribution in [1.82, 2.24) is 5.32 Å². The molecule has 0 fully saturated rings. The summed E-state index contributed by atoms with van der Waals surface area (Å²) in [6.07, 6.45) is 8.56. The lowest BCUT2D eigenvalue weighted by molar-refractivity contribution is -0.191. The number of carbonyl (C=O) groups is 2. The molecule has 0 atom stereocenters. The largest absolute Gasteiger partial charge is 0.377 e. The number of ketones is 1. The van der Waals surface area contributed by atoms with E-state index in [1.165, 1.54) is 6.08 Å². The van der Waals surface area contributed by atoms with Crippen LogP contribution in [0.15, 0.2) is 24.3 Å². The number of Topliss-reactive ketones (excluding diaryl/α,β-unsaturated/α-hetero) is 1. The third-order valence-electron chi connectivity index (χ3n) is 2.25. The van der Waals surface area contributed by atoms with Gasteiger partial charge >= 0.3 is 6.15 Å². The Bertz CT molecular complexity index is 397. The van der Waals surface area contributed by atoms with Crippen LogP contribution in [0, 0.1) is 0 Å². The van der Waals surface area contributed by atoms with Crippen molar-refractivity contribution in [2.45, 2.75) is 26.7 Å². The van der Waals surface area contributed by atoms with E-state index in [1.807, 2.05) is 19.1 Å². The molecule has 0 aromatic rings. The molecule has 0 saturated carbocycles. The molecule has 130 valence electrons. The van der Waals surface area contributed by atoms with Crippen LogP contribution in [0.3, 0.4) is 0 Å². The van der Waals surface area contributed by atoms with Gasteiger partial charge in [-0.15, -0.1) is 0 Å². The third-order valence-corrected chi connectivity index (χ3v) is 2.25. The molecule has 0 bridgehead atoms. The maximum absolute atomic E-state index is 11.3. The summed E-state index contributed by atoms with van der Waals surface area (Å²) in [7, 11) is 0. The van der Waals surface area contributed by atoms with E-state index < -0.39 is 0 Å². The summed E-state index contributed by atoms with van der Waals surface area (Å²) in [5, 5.41) is 2.67. The fraction of sp³-hybridized carbons (Fsp3) is 0.562. The second-order valence-corrected chi connectivity index (χ2v) is 4.16. The van der Waals surface area contributed by atoms with E-state index in [-0.39, 0.29) is 24.4 Å². The average molecular weight is 327 g/mol. The fourth-order valence-corrected chi connectivity index (χ4v) is 1.30. The normalized spacial score (nSPS) is 10.2. The Morgan fingerprint density at radius 2 is 1.74 bits per heavy atom. The van der Waals surface area contributed by atoms with E-state index >= 15 is 0 Å². The fourth-order valence-electron chi connectivity index (χ4n) is 1.30. The van der Waals surface area contributed by atoms with E-state index in [2.05, 4.69) is 5.32 Å². The minimum Gasteiger partial charge on any atom is -0.377 e. The quantitative estimate of drug-likeness (QED) is 0.327. The van der Waals surface area contributed by atoms with Gasteiger partial charge in [-0.1, -0.05) is 25.2 Å². The first-order valence-corrected chi connectivity index (χ1v) is 7.34. The lowest BCUT2D eigenvalue weighted by Gasteiger charge is -2.05. The molecule has 0 rings (SSSR count). The van der Waals surface area contributed by atoms with Gasteiger partial charge in [-0.2, -0.15) is 9.59 Å².